The monoisotopic (exact) mass is 303 g/mol. The lowest BCUT2D eigenvalue weighted by Crippen LogP contribution is -3.00. The van der Waals surface area contributed by atoms with Crippen molar-refractivity contribution in [3.8, 4) is 0 Å². The maximum atomic E-state index is 5.95. The molecule has 0 atom stereocenters. The first-order valence-corrected chi connectivity index (χ1v) is 5.57. The van der Waals surface area contributed by atoms with Crippen molar-refractivity contribution in [3.63, 3.8) is 0 Å². The number of allylic oxidation sites excluding steroid dienone is 1. The van der Waals surface area contributed by atoms with Crippen LogP contribution in [0.5, 0.6) is 0 Å². The quantitative estimate of drug-likeness (QED) is 0.556. The van der Waals surface area contributed by atoms with Crippen molar-refractivity contribution in [1.82, 2.24) is 0 Å². The number of aromatic nitrogens is 1. The van der Waals surface area contributed by atoms with E-state index in [1.165, 1.54) is 15.8 Å². The first kappa shape index (κ1) is 12.7. The van der Waals surface area contributed by atoms with Crippen LogP contribution < -0.4 is 20.9 Å². The molecule has 0 aliphatic rings. The number of fused-ring (bicyclic) bond motifs is 1. The molecule has 1 nitrogen and oxygen atoms in total. The van der Waals surface area contributed by atoms with Gasteiger partial charge in [-0.3, -0.25) is 0 Å². The van der Waals surface area contributed by atoms with E-state index >= 15 is 0 Å². The van der Waals surface area contributed by atoms with Crippen molar-refractivity contribution in [2.75, 3.05) is 0 Å². The molecule has 1 heterocycles. The highest BCUT2D eigenvalue weighted by atomic mass is 79.9. The Kier molecular flexibility index (Phi) is 4.32. The highest BCUT2D eigenvalue weighted by Crippen LogP contribution is 2.24. The third-order valence-electron chi connectivity index (χ3n) is 2.21. The summed E-state index contributed by atoms with van der Waals surface area (Å²) in [6, 6.07) is 6.01. The lowest BCUT2D eigenvalue weighted by molar-refractivity contribution is -0.623. The first-order valence-electron chi connectivity index (χ1n) is 4.42. The smallest absolute Gasteiger partial charge is 0.201 e. The standard InChI is InChI=1S/C11H11ClNS.BrH/c1-3-6-13-8(2)10-7-9(12)4-5-11(10)14-13;/h3-5,7H,1,6H2,2H3;1H/q+1;/p-1. The van der Waals surface area contributed by atoms with Gasteiger partial charge in [0.2, 0.25) is 5.69 Å². The van der Waals surface area contributed by atoms with Crippen LogP contribution in [0.2, 0.25) is 5.02 Å². The van der Waals surface area contributed by atoms with E-state index in [2.05, 4.69) is 23.5 Å². The molecular formula is C11H11BrClNS. The average molecular weight is 305 g/mol. The Morgan fingerprint density at radius 2 is 2.27 bits per heavy atom. The minimum atomic E-state index is 0. The van der Waals surface area contributed by atoms with Gasteiger partial charge in [0, 0.05) is 11.9 Å². The van der Waals surface area contributed by atoms with Crippen LogP contribution in [0.15, 0.2) is 30.9 Å². The topological polar surface area (TPSA) is 3.88 Å². The van der Waals surface area contributed by atoms with Gasteiger partial charge in [0.25, 0.3) is 0 Å². The van der Waals surface area contributed by atoms with E-state index in [-0.39, 0.29) is 17.0 Å². The van der Waals surface area contributed by atoms with E-state index < -0.39 is 0 Å². The molecule has 4 heteroatoms. The summed E-state index contributed by atoms with van der Waals surface area (Å²) < 4.78 is 3.49. The van der Waals surface area contributed by atoms with Crippen LogP contribution in [0.3, 0.4) is 0 Å². The zero-order chi connectivity index (χ0) is 10.1. The molecule has 0 N–H and O–H groups in total. The molecule has 0 saturated carbocycles. The van der Waals surface area contributed by atoms with E-state index in [0.717, 1.165) is 11.6 Å². The molecule has 0 saturated heterocycles. The number of hydrogen-bond donors (Lipinski definition) is 0. The molecule has 0 aliphatic heterocycles. The predicted molar refractivity (Wildman–Crippen MR) is 62.0 cm³/mol. The number of benzene rings is 1. The third-order valence-corrected chi connectivity index (χ3v) is 3.64. The summed E-state index contributed by atoms with van der Waals surface area (Å²) in [5.41, 5.74) is 1.26. The molecule has 1 aromatic carbocycles. The Morgan fingerprint density at radius 3 is 2.93 bits per heavy atom. The molecule has 15 heavy (non-hydrogen) atoms. The van der Waals surface area contributed by atoms with E-state index in [0.29, 0.717) is 0 Å². The zero-order valence-electron chi connectivity index (χ0n) is 8.34. The van der Waals surface area contributed by atoms with Gasteiger partial charge in [-0.05, 0) is 24.3 Å². The Labute approximate surface area is 109 Å². The summed E-state index contributed by atoms with van der Waals surface area (Å²) in [5.74, 6) is 0. The Bertz CT molecular complexity index is 493. The zero-order valence-corrected chi connectivity index (χ0v) is 11.5. The van der Waals surface area contributed by atoms with Gasteiger partial charge in [0.1, 0.15) is 16.2 Å². The summed E-state index contributed by atoms with van der Waals surface area (Å²) in [7, 11) is 0. The number of rotatable bonds is 2. The first-order chi connectivity index (χ1) is 6.72. The molecule has 0 spiro atoms. The fourth-order valence-electron chi connectivity index (χ4n) is 1.48. The molecule has 0 unspecified atom stereocenters. The lowest BCUT2D eigenvalue weighted by atomic mass is 10.2. The van der Waals surface area contributed by atoms with Gasteiger partial charge in [-0.2, -0.15) is 0 Å². The van der Waals surface area contributed by atoms with Crippen LogP contribution >= 0.6 is 23.1 Å². The number of nitrogens with zero attached hydrogens (tertiary/aromatic N) is 1. The minimum absolute atomic E-state index is 0. The molecule has 80 valence electrons. The second-order valence-electron chi connectivity index (χ2n) is 3.17. The molecular weight excluding hydrogens is 294 g/mol. The van der Waals surface area contributed by atoms with Crippen molar-refractivity contribution < 1.29 is 20.9 Å². The van der Waals surface area contributed by atoms with Crippen LogP contribution in [0.4, 0.5) is 0 Å². The molecule has 0 bridgehead atoms. The van der Waals surface area contributed by atoms with Gasteiger partial charge in [0.05, 0.1) is 5.39 Å². The molecule has 0 aliphatic carbocycles. The van der Waals surface area contributed by atoms with Crippen molar-refractivity contribution >= 4 is 33.2 Å². The molecule has 0 radical (unpaired) electrons. The molecule has 2 aromatic rings. The highest BCUT2D eigenvalue weighted by molar-refractivity contribution is 7.09. The Morgan fingerprint density at radius 1 is 1.53 bits per heavy atom. The molecule has 0 amide bonds. The van der Waals surface area contributed by atoms with E-state index in [1.54, 1.807) is 11.5 Å². The van der Waals surface area contributed by atoms with E-state index in [4.69, 9.17) is 11.6 Å². The van der Waals surface area contributed by atoms with Crippen LogP contribution in [-0.2, 0) is 6.54 Å². The van der Waals surface area contributed by atoms with E-state index in [1.807, 2.05) is 18.2 Å². The van der Waals surface area contributed by atoms with Crippen LogP contribution in [0.1, 0.15) is 5.69 Å². The summed E-state index contributed by atoms with van der Waals surface area (Å²) in [6.07, 6.45) is 1.91. The van der Waals surface area contributed by atoms with Gasteiger partial charge in [-0.25, -0.2) is 0 Å². The fraction of sp³-hybridized carbons (Fsp3) is 0.182. The minimum Gasteiger partial charge on any atom is -1.00 e. The summed E-state index contributed by atoms with van der Waals surface area (Å²) in [6.45, 7) is 6.72. The Hall–Kier alpha value is -0.380. The molecule has 0 fully saturated rings. The SMILES string of the molecule is C=CC[n+]1sc2ccc(Cl)cc2c1C.[Br-]. The Balaban J connectivity index is 0.00000112. The highest BCUT2D eigenvalue weighted by Gasteiger charge is 2.14. The van der Waals surface area contributed by atoms with Crippen LogP contribution in [-0.4, -0.2) is 0 Å². The maximum absolute atomic E-state index is 5.95. The van der Waals surface area contributed by atoms with Crippen LogP contribution in [0, 0.1) is 6.92 Å². The van der Waals surface area contributed by atoms with Gasteiger partial charge in [-0.15, -0.1) is 3.96 Å². The largest absolute Gasteiger partial charge is 1.00 e. The van der Waals surface area contributed by atoms with Gasteiger partial charge >= 0.3 is 0 Å². The molecule has 2 rings (SSSR count). The summed E-state index contributed by atoms with van der Waals surface area (Å²) >= 11 is 7.70. The van der Waals surface area contributed by atoms with Gasteiger partial charge in [0.15, 0.2) is 6.54 Å². The summed E-state index contributed by atoms with van der Waals surface area (Å²) in [5, 5.41) is 2.04. The second-order valence-corrected chi connectivity index (χ2v) is 4.67. The second kappa shape index (κ2) is 5.10. The van der Waals surface area contributed by atoms with Gasteiger partial charge in [-0.1, -0.05) is 18.2 Å². The average Bonchev–Trinajstić information content (AvgIpc) is 2.46. The van der Waals surface area contributed by atoms with Crippen LogP contribution in [0.25, 0.3) is 10.1 Å². The number of hydrogen-bond acceptors (Lipinski definition) is 1. The fourth-order valence-corrected chi connectivity index (χ4v) is 2.74. The van der Waals surface area contributed by atoms with Crippen molar-refractivity contribution in [1.29, 1.82) is 0 Å². The van der Waals surface area contributed by atoms with Crippen molar-refractivity contribution in [2.24, 2.45) is 0 Å². The normalized spacial score (nSPS) is 10.0. The summed E-state index contributed by atoms with van der Waals surface area (Å²) in [4.78, 5) is 0. The number of halogens is 2. The van der Waals surface area contributed by atoms with E-state index in [9.17, 15) is 0 Å². The molecule has 1 aromatic heterocycles. The van der Waals surface area contributed by atoms with Crippen molar-refractivity contribution in [3.05, 3.63) is 41.6 Å². The third kappa shape index (κ3) is 2.41. The lowest BCUT2D eigenvalue weighted by Gasteiger charge is -1.88. The maximum Gasteiger partial charge on any atom is 0.201 e. The van der Waals surface area contributed by atoms with Crippen molar-refractivity contribution in [2.45, 2.75) is 13.5 Å². The predicted octanol–water partition coefficient (Wildman–Crippen LogP) is 0.341. The number of aryl methyl sites for hydroxylation is 1. The van der Waals surface area contributed by atoms with Gasteiger partial charge < -0.3 is 17.0 Å².